The summed E-state index contributed by atoms with van der Waals surface area (Å²) in [5.74, 6) is 5.13. The molecule has 4 rings (SSSR count). The number of rotatable bonds is 10. The van der Waals surface area contributed by atoms with Crippen LogP contribution < -0.4 is 10.4 Å². The third-order valence-electron chi connectivity index (χ3n) is 8.49. The van der Waals surface area contributed by atoms with E-state index in [2.05, 4.69) is 38.0 Å². The molecule has 0 unspecified atom stereocenters. The maximum absolute atomic E-state index is 12.3. The van der Waals surface area contributed by atoms with Crippen molar-refractivity contribution in [3.63, 3.8) is 0 Å². The van der Waals surface area contributed by atoms with E-state index in [-0.39, 0.29) is 6.10 Å². The number of ether oxygens (including phenoxy) is 2. The van der Waals surface area contributed by atoms with Crippen LogP contribution in [0.5, 0.6) is 5.75 Å². The van der Waals surface area contributed by atoms with Crippen LogP contribution in [0.3, 0.4) is 0 Å². The van der Waals surface area contributed by atoms with Gasteiger partial charge >= 0.3 is 5.63 Å². The van der Waals surface area contributed by atoms with E-state index in [0.717, 1.165) is 17.2 Å². The van der Waals surface area contributed by atoms with E-state index in [4.69, 9.17) is 13.9 Å². The Morgan fingerprint density at radius 1 is 0.972 bits per heavy atom. The zero-order valence-corrected chi connectivity index (χ0v) is 22.4. The minimum Gasteiger partial charge on any atom is -0.496 e. The molecule has 0 saturated heterocycles. The quantitative estimate of drug-likeness (QED) is 0.319. The van der Waals surface area contributed by atoms with Crippen LogP contribution in [-0.4, -0.2) is 19.9 Å². The van der Waals surface area contributed by atoms with Gasteiger partial charge in [0.05, 0.1) is 31.3 Å². The number of methoxy groups -OCH3 is 1. The smallest absolute Gasteiger partial charge is 0.339 e. The van der Waals surface area contributed by atoms with E-state index in [1.54, 1.807) is 7.11 Å². The normalized spacial score (nSPS) is 18.9. The summed E-state index contributed by atoms with van der Waals surface area (Å²) >= 11 is 0. The molecule has 1 heterocycles. The zero-order valence-electron chi connectivity index (χ0n) is 22.4. The van der Waals surface area contributed by atoms with Crippen LogP contribution in [-0.2, 0) is 16.8 Å². The van der Waals surface area contributed by atoms with Crippen molar-refractivity contribution >= 4 is 6.71 Å². The molecule has 0 bridgehead atoms. The van der Waals surface area contributed by atoms with Crippen LogP contribution in [0.2, 0.25) is 11.6 Å². The summed E-state index contributed by atoms with van der Waals surface area (Å²) in [4.78, 5) is 12.3. The zero-order chi connectivity index (χ0) is 25.4. The van der Waals surface area contributed by atoms with Crippen molar-refractivity contribution in [2.24, 2.45) is 0 Å². The van der Waals surface area contributed by atoms with Crippen molar-refractivity contribution in [1.82, 2.24) is 0 Å². The van der Waals surface area contributed by atoms with Gasteiger partial charge in [-0.1, -0.05) is 112 Å². The summed E-state index contributed by atoms with van der Waals surface area (Å²) in [5, 5.41) is 0. The Balaban J connectivity index is 1.64. The number of benzene rings is 1. The maximum atomic E-state index is 12.3. The van der Waals surface area contributed by atoms with Crippen LogP contribution >= 0.6 is 0 Å². The minimum absolute atomic E-state index is 0.248. The van der Waals surface area contributed by atoms with E-state index >= 15 is 0 Å². The summed E-state index contributed by atoms with van der Waals surface area (Å²) in [7, 11) is 1.58. The van der Waals surface area contributed by atoms with Crippen molar-refractivity contribution in [3.05, 3.63) is 76.3 Å². The Morgan fingerprint density at radius 2 is 1.58 bits per heavy atom. The Morgan fingerprint density at radius 3 is 2.17 bits per heavy atom. The summed E-state index contributed by atoms with van der Waals surface area (Å²) in [6.07, 6.45) is 15.6. The molecule has 0 N–H and O–H groups in total. The standard InChI is InChI=1S/C31H43BO4/c1-31(2,29-21-27(34-3)22-30(33)36-29)28(35-23-24-13-7-4-8-14-24)19-20-32(25-15-9-5-10-16-25)26-17-11-6-12-18-26/h4,7-8,13-14,19-22,25-26,28H,5-6,9-12,15-18,23H2,1-3H3/t28-/m0/s1. The van der Waals surface area contributed by atoms with Gasteiger partial charge in [0.2, 0.25) is 0 Å². The highest BCUT2D eigenvalue weighted by molar-refractivity contribution is 6.67. The molecule has 0 aliphatic heterocycles. The third kappa shape index (κ3) is 6.94. The maximum Gasteiger partial charge on any atom is 0.339 e. The average molecular weight is 490 g/mol. The molecule has 4 nitrogen and oxygen atoms in total. The highest BCUT2D eigenvalue weighted by Gasteiger charge is 2.37. The topological polar surface area (TPSA) is 48.7 Å². The van der Waals surface area contributed by atoms with Crippen molar-refractivity contribution < 1.29 is 13.9 Å². The molecular formula is C31H43BO4. The molecule has 36 heavy (non-hydrogen) atoms. The molecule has 1 atom stereocenters. The first-order valence-corrected chi connectivity index (χ1v) is 14.0. The molecule has 1 aromatic heterocycles. The fourth-order valence-corrected chi connectivity index (χ4v) is 6.26. The van der Waals surface area contributed by atoms with Gasteiger partial charge in [0.15, 0.2) is 6.71 Å². The lowest BCUT2D eigenvalue weighted by Crippen LogP contribution is -2.36. The van der Waals surface area contributed by atoms with Gasteiger partial charge in [-0.15, -0.1) is 5.98 Å². The van der Waals surface area contributed by atoms with Gasteiger partial charge in [-0.05, 0) is 19.4 Å². The van der Waals surface area contributed by atoms with E-state index < -0.39 is 11.0 Å². The predicted octanol–water partition coefficient (Wildman–Crippen LogP) is 7.77. The third-order valence-corrected chi connectivity index (χ3v) is 8.49. The highest BCUT2D eigenvalue weighted by Crippen LogP contribution is 2.42. The van der Waals surface area contributed by atoms with E-state index in [1.165, 1.54) is 70.3 Å². The van der Waals surface area contributed by atoms with Gasteiger partial charge < -0.3 is 13.9 Å². The van der Waals surface area contributed by atoms with Crippen LogP contribution in [0.1, 0.15) is 89.4 Å². The van der Waals surface area contributed by atoms with Gasteiger partial charge in [-0.3, -0.25) is 0 Å². The molecule has 0 amide bonds. The summed E-state index contributed by atoms with van der Waals surface area (Å²) in [5.41, 5.74) is 0.184. The Bertz CT molecular complexity index is 998. The molecule has 2 aromatic rings. The number of hydrogen-bond acceptors (Lipinski definition) is 4. The van der Waals surface area contributed by atoms with Crippen LogP contribution in [0.4, 0.5) is 0 Å². The van der Waals surface area contributed by atoms with Gasteiger partial charge in [0.1, 0.15) is 11.5 Å². The lowest BCUT2D eigenvalue weighted by Gasteiger charge is -2.35. The molecule has 0 radical (unpaired) electrons. The van der Waals surface area contributed by atoms with Crippen molar-refractivity contribution in [2.75, 3.05) is 7.11 Å². The summed E-state index contributed by atoms with van der Waals surface area (Å²) in [6.45, 7) is 5.30. The van der Waals surface area contributed by atoms with E-state index in [9.17, 15) is 4.79 Å². The summed E-state index contributed by atoms with van der Waals surface area (Å²) < 4.78 is 17.7. The first kappa shape index (κ1) is 26.8. The second kappa shape index (κ2) is 12.8. The molecule has 0 spiro atoms. The van der Waals surface area contributed by atoms with Gasteiger partial charge in [0.25, 0.3) is 0 Å². The van der Waals surface area contributed by atoms with E-state index in [1.807, 2.05) is 24.3 Å². The lowest BCUT2D eigenvalue weighted by molar-refractivity contribution is 0.0197. The minimum atomic E-state index is -0.553. The molecule has 2 aliphatic rings. The molecule has 2 aliphatic carbocycles. The van der Waals surface area contributed by atoms with Crippen molar-refractivity contribution in [1.29, 1.82) is 0 Å². The largest absolute Gasteiger partial charge is 0.496 e. The first-order valence-electron chi connectivity index (χ1n) is 14.0. The first-order chi connectivity index (χ1) is 17.5. The SMILES string of the molecule is COc1cc(C(C)(C)[C@H](C=CB(C2CCCCC2)C2CCCCC2)OCc2ccccc2)oc(=O)c1. The molecular weight excluding hydrogens is 447 g/mol. The fourth-order valence-electron chi connectivity index (χ4n) is 6.26. The Labute approximate surface area is 217 Å². The monoisotopic (exact) mass is 490 g/mol. The highest BCUT2D eigenvalue weighted by atomic mass is 16.5. The van der Waals surface area contributed by atoms with Crippen molar-refractivity contribution in [2.45, 2.75) is 108 Å². The van der Waals surface area contributed by atoms with Crippen molar-refractivity contribution in [3.8, 4) is 5.75 Å². The average Bonchev–Trinajstić information content (AvgIpc) is 2.91. The molecule has 5 heteroatoms. The molecule has 2 saturated carbocycles. The van der Waals surface area contributed by atoms with Crippen LogP contribution in [0.25, 0.3) is 0 Å². The Kier molecular flexibility index (Phi) is 9.53. The Hall–Kier alpha value is -2.27. The van der Waals surface area contributed by atoms with E-state index in [0.29, 0.717) is 24.8 Å². The second-order valence-corrected chi connectivity index (χ2v) is 11.4. The second-order valence-electron chi connectivity index (χ2n) is 11.4. The summed E-state index contributed by atoms with van der Waals surface area (Å²) in [6, 6.07) is 13.5. The number of hydrogen-bond donors (Lipinski definition) is 0. The fraction of sp³-hybridized carbons (Fsp3) is 0.581. The molecule has 1 aromatic carbocycles. The predicted molar refractivity (Wildman–Crippen MR) is 148 cm³/mol. The van der Waals surface area contributed by atoms with Gasteiger partial charge in [0, 0.05) is 6.07 Å². The van der Waals surface area contributed by atoms with Gasteiger partial charge in [-0.25, -0.2) is 4.79 Å². The van der Waals surface area contributed by atoms with Gasteiger partial charge in [-0.2, -0.15) is 0 Å². The van der Waals surface area contributed by atoms with Crippen LogP contribution in [0, 0.1) is 0 Å². The lowest BCUT2D eigenvalue weighted by atomic mass is 9.30. The molecule has 194 valence electrons. The molecule has 2 fully saturated rings. The van der Waals surface area contributed by atoms with Crippen LogP contribution in [0.15, 0.2) is 63.7 Å².